The fourth-order valence-corrected chi connectivity index (χ4v) is 5.14. The molecule has 0 saturated heterocycles. The van der Waals surface area contributed by atoms with E-state index < -0.39 is 0 Å². The maximum Gasteiger partial charge on any atom is 0.344 e. The zero-order valence-electron chi connectivity index (χ0n) is 18.2. The Morgan fingerprint density at radius 2 is 1.24 bits per heavy atom. The van der Waals surface area contributed by atoms with Crippen molar-refractivity contribution in [2.75, 3.05) is 0 Å². The van der Waals surface area contributed by atoms with Gasteiger partial charge in [-0.05, 0) is 47.5 Å². The van der Waals surface area contributed by atoms with E-state index in [2.05, 4.69) is 77.4 Å². The van der Waals surface area contributed by atoms with Crippen LogP contribution in [0.15, 0.2) is 124 Å². The summed E-state index contributed by atoms with van der Waals surface area (Å²) in [5.41, 5.74) is 5.83. The van der Waals surface area contributed by atoms with E-state index in [1.165, 1.54) is 21.9 Å². The van der Waals surface area contributed by atoms with Crippen molar-refractivity contribution >= 4 is 43.5 Å². The topological polar surface area (TPSA) is 35.1 Å². The molecule has 7 aromatic rings. The number of rotatable bonds is 2. The Kier molecular flexibility index (Phi) is 4.00. The fraction of sp³-hybridized carbons (Fsp3) is 0. The van der Waals surface area contributed by atoms with Gasteiger partial charge in [-0.25, -0.2) is 4.79 Å². The molecule has 0 unspecified atom stereocenters. The van der Waals surface area contributed by atoms with Gasteiger partial charge in [-0.15, -0.1) is 0 Å². The van der Waals surface area contributed by atoms with Crippen molar-refractivity contribution in [1.29, 1.82) is 0 Å². The third-order valence-electron chi connectivity index (χ3n) is 6.64. The summed E-state index contributed by atoms with van der Waals surface area (Å²) in [6, 6.07) is 39.1. The second-order valence-electron chi connectivity index (χ2n) is 8.54. The molecule has 5 aromatic carbocycles. The number of aromatic nitrogens is 1. The van der Waals surface area contributed by atoms with E-state index in [4.69, 9.17) is 4.42 Å². The molecule has 3 nitrogen and oxygen atoms in total. The number of hydrogen-bond donors (Lipinski definition) is 0. The third-order valence-corrected chi connectivity index (χ3v) is 6.64. The predicted molar refractivity (Wildman–Crippen MR) is 140 cm³/mol. The Morgan fingerprint density at radius 1 is 0.529 bits per heavy atom. The van der Waals surface area contributed by atoms with Crippen molar-refractivity contribution in [2.24, 2.45) is 0 Å². The summed E-state index contributed by atoms with van der Waals surface area (Å²) >= 11 is 0. The summed E-state index contributed by atoms with van der Waals surface area (Å²) < 4.78 is 7.89. The highest BCUT2D eigenvalue weighted by Gasteiger charge is 2.17. The smallest absolute Gasteiger partial charge is 0.344 e. The van der Waals surface area contributed by atoms with Gasteiger partial charge in [0, 0.05) is 21.5 Å². The summed E-state index contributed by atoms with van der Waals surface area (Å²) in [7, 11) is 0. The molecule has 0 aliphatic rings. The Balaban J connectivity index is 1.64. The monoisotopic (exact) mass is 437 g/mol. The summed E-state index contributed by atoms with van der Waals surface area (Å²) in [6.45, 7) is 0. The van der Waals surface area contributed by atoms with E-state index in [9.17, 15) is 4.79 Å². The van der Waals surface area contributed by atoms with E-state index in [0.717, 1.165) is 27.5 Å². The molecule has 7 rings (SSSR count). The second kappa shape index (κ2) is 7.19. The molecule has 0 radical (unpaired) electrons. The molecule has 0 N–H and O–H groups in total. The fourth-order valence-electron chi connectivity index (χ4n) is 5.14. The van der Waals surface area contributed by atoms with Crippen molar-refractivity contribution < 1.29 is 4.42 Å². The van der Waals surface area contributed by atoms with Gasteiger partial charge in [-0.2, -0.15) is 0 Å². The van der Waals surface area contributed by atoms with Crippen LogP contribution in [0.5, 0.6) is 0 Å². The average molecular weight is 437 g/mol. The summed E-state index contributed by atoms with van der Waals surface area (Å²) in [5, 5.41) is 4.78. The van der Waals surface area contributed by atoms with Crippen LogP contribution in [0, 0.1) is 0 Å². The van der Waals surface area contributed by atoms with Gasteiger partial charge in [0.25, 0.3) is 0 Å². The van der Waals surface area contributed by atoms with E-state index in [-0.39, 0.29) is 5.63 Å². The van der Waals surface area contributed by atoms with Crippen molar-refractivity contribution in [3.05, 3.63) is 126 Å². The highest BCUT2D eigenvalue weighted by molar-refractivity contribution is 6.14. The number of hydrogen-bond acceptors (Lipinski definition) is 2. The minimum atomic E-state index is -0.317. The number of benzene rings is 5. The van der Waals surface area contributed by atoms with Gasteiger partial charge < -0.3 is 8.98 Å². The van der Waals surface area contributed by atoms with Crippen LogP contribution < -0.4 is 5.63 Å². The number of nitrogens with zero attached hydrogens (tertiary/aromatic N) is 1. The Morgan fingerprint density at radius 3 is 2.12 bits per heavy atom. The molecule has 0 aliphatic heterocycles. The lowest BCUT2D eigenvalue weighted by Crippen LogP contribution is -2.03. The molecule has 0 amide bonds. The molecule has 2 heterocycles. The molecule has 160 valence electrons. The minimum Gasteiger partial charge on any atom is -0.422 e. The lowest BCUT2D eigenvalue weighted by molar-refractivity contribution is 0.569. The van der Waals surface area contributed by atoms with Gasteiger partial charge in [-0.1, -0.05) is 78.9 Å². The van der Waals surface area contributed by atoms with Gasteiger partial charge in [0.05, 0.1) is 22.1 Å². The average Bonchev–Trinajstić information content (AvgIpc) is 3.22. The van der Waals surface area contributed by atoms with Crippen molar-refractivity contribution in [3.63, 3.8) is 0 Å². The maximum atomic E-state index is 12.9. The first-order chi connectivity index (χ1) is 16.8. The molecule has 2 aromatic heterocycles. The molecule has 34 heavy (non-hydrogen) atoms. The van der Waals surface area contributed by atoms with Crippen LogP contribution in [0.2, 0.25) is 0 Å². The molecular weight excluding hydrogens is 418 g/mol. The van der Waals surface area contributed by atoms with Crippen molar-refractivity contribution in [3.8, 4) is 16.8 Å². The van der Waals surface area contributed by atoms with E-state index in [1.807, 2.05) is 42.5 Å². The Labute approximate surface area is 195 Å². The normalized spacial score (nSPS) is 11.6. The lowest BCUT2D eigenvalue weighted by Gasteiger charge is -2.13. The van der Waals surface area contributed by atoms with Gasteiger partial charge in [0.15, 0.2) is 0 Å². The standard InChI is InChI=1S/C31H19NO2/c33-31-24-13-8-15-28(30(24)23-12-5-7-16-29(23)34-31)32-26-14-6-4-11-22(26)25-19-21(17-18-27(25)32)20-9-2-1-3-10-20/h1-19H. The lowest BCUT2D eigenvalue weighted by atomic mass is 10.0. The second-order valence-corrected chi connectivity index (χ2v) is 8.54. The summed E-state index contributed by atoms with van der Waals surface area (Å²) in [4.78, 5) is 12.9. The van der Waals surface area contributed by atoms with Crippen LogP contribution in [0.25, 0.3) is 60.4 Å². The molecule has 0 bridgehead atoms. The minimum absolute atomic E-state index is 0.317. The Bertz CT molecular complexity index is 1930. The van der Waals surface area contributed by atoms with Crippen LogP contribution in [-0.2, 0) is 0 Å². The highest BCUT2D eigenvalue weighted by atomic mass is 16.4. The van der Waals surface area contributed by atoms with Crippen LogP contribution >= 0.6 is 0 Å². The zero-order chi connectivity index (χ0) is 22.6. The SMILES string of the molecule is O=c1oc2ccccc2c2c(-n3c4ccccc4c4cc(-c5ccccc5)ccc43)cccc12. The first-order valence-electron chi connectivity index (χ1n) is 11.3. The molecular formula is C31H19NO2. The van der Waals surface area contributed by atoms with E-state index in [1.54, 1.807) is 0 Å². The van der Waals surface area contributed by atoms with Crippen LogP contribution in [0.4, 0.5) is 0 Å². The molecule has 0 fully saturated rings. The first-order valence-corrected chi connectivity index (χ1v) is 11.3. The van der Waals surface area contributed by atoms with Gasteiger partial charge in [-0.3, -0.25) is 0 Å². The van der Waals surface area contributed by atoms with Gasteiger partial charge in [0.1, 0.15) is 5.58 Å². The van der Waals surface area contributed by atoms with Crippen LogP contribution in [-0.4, -0.2) is 4.57 Å². The van der Waals surface area contributed by atoms with E-state index >= 15 is 0 Å². The number of fused-ring (bicyclic) bond motifs is 6. The molecule has 0 saturated carbocycles. The van der Waals surface area contributed by atoms with E-state index in [0.29, 0.717) is 11.0 Å². The van der Waals surface area contributed by atoms with Crippen molar-refractivity contribution in [1.82, 2.24) is 4.57 Å². The zero-order valence-corrected chi connectivity index (χ0v) is 18.2. The van der Waals surface area contributed by atoms with Gasteiger partial charge >= 0.3 is 5.63 Å². The van der Waals surface area contributed by atoms with Crippen LogP contribution in [0.1, 0.15) is 0 Å². The highest BCUT2D eigenvalue weighted by Crippen LogP contribution is 2.37. The van der Waals surface area contributed by atoms with Gasteiger partial charge in [0.2, 0.25) is 0 Å². The quantitative estimate of drug-likeness (QED) is 0.205. The van der Waals surface area contributed by atoms with Crippen LogP contribution in [0.3, 0.4) is 0 Å². The number of para-hydroxylation sites is 2. The molecule has 3 heteroatoms. The third kappa shape index (κ3) is 2.67. The molecule has 0 aliphatic carbocycles. The predicted octanol–water partition coefficient (Wildman–Crippen LogP) is 7.71. The summed E-state index contributed by atoms with van der Waals surface area (Å²) in [6.07, 6.45) is 0. The Hall–Kier alpha value is -4.63. The summed E-state index contributed by atoms with van der Waals surface area (Å²) in [5.74, 6) is 0. The maximum absolute atomic E-state index is 12.9. The first kappa shape index (κ1) is 18.9. The van der Waals surface area contributed by atoms with Crippen molar-refractivity contribution in [2.45, 2.75) is 0 Å². The largest absolute Gasteiger partial charge is 0.422 e. The molecule has 0 atom stereocenters. The molecule has 0 spiro atoms.